The van der Waals surface area contributed by atoms with Crippen molar-refractivity contribution in [2.75, 3.05) is 19.6 Å². The highest BCUT2D eigenvalue weighted by molar-refractivity contribution is 14.1. The molecule has 5 nitrogen and oxygen atoms in total. The van der Waals surface area contributed by atoms with Crippen molar-refractivity contribution in [3.05, 3.63) is 56.3 Å². The van der Waals surface area contributed by atoms with E-state index in [9.17, 15) is 15.8 Å². The molecular weight excluding hydrogens is 449 g/mol. The number of nitriles is 3. The van der Waals surface area contributed by atoms with E-state index < -0.39 is 11.3 Å². The summed E-state index contributed by atoms with van der Waals surface area (Å²) in [6.07, 6.45) is 3.07. The fourth-order valence-electron chi connectivity index (χ4n) is 4.31. The van der Waals surface area contributed by atoms with Gasteiger partial charge in [-0.1, -0.05) is 31.2 Å². The molecule has 1 heterocycles. The zero-order chi connectivity index (χ0) is 19.6. The quantitative estimate of drug-likeness (QED) is 0.684. The molecule has 2 N–H and O–H groups in total. The number of hydrogen-bond acceptors (Lipinski definition) is 5. The van der Waals surface area contributed by atoms with E-state index in [1.807, 2.05) is 24.3 Å². The van der Waals surface area contributed by atoms with Gasteiger partial charge in [-0.3, -0.25) is 4.90 Å². The van der Waals surface area contributed by atoms with E-state index in [1.54, 1.807) is 0 Å². The number of fused-ring (bicyclic) bond motifs is 1. The SMILES string of the molecule is CCCN1CC=C2C(C#N)=C(N)C(C#N)(C#N)[C@H](c3ccccc3I)[C@@H]2C1. The van der Waals surface area contributed by atoms with Gasteiger partial charge in [-0.25, -0.2) is 0 Å². The predicted molar refractivity (Wildman–Crippen MR) is 111 cm³/mol. The smallest absolute Gasteiger partial charge is 0.191 e. The standard InChI is InChI=1S/C21H20IN5/c1-2-8-27-9-7-14-16(10-23)20(26)21(12-24,13-25)19(17(14)11-27)15-5-3-4-6-18(15)22/h3-7,17,19H,2,8-9,11,26H2,1H3/t17-,19-/m1/s1. The Labute approximate surface area is 173 Å². The largest absolute Gasteiger partial charge is 0.399 e. The van der Waals surface area contributed by atoms with Crippen LogP contribution >= 0.6 is 22.6 Å². The normalized spacial score (nSPS) is 24.2. The van der Waals surface area contributed by atoms with Gasteiger partial charge in [0, 0.05) is 28.5 Å². The van der Waals surface area contributed by atoms with Crippen molar-refractivity contribution >= 4 is 22.6 Å². The van der Waals surface area contributed by atoms with Gasteiger partial charge in [-0.15, -0.1) is 0 Å². The van der Waals surface area contributed by atoms with Gasteiger partial charge in [0.15, 0.2) is 5.41 Å². The maximum absolute atomic E-state index is 10.1. The van der Waals surface area contributed by atoms with Crippen LogP contribution in [0.4, 0.5) is 0 Å². The van der Waals surface area contributed by atoms with Crippen LogP contribution < -0.4 is 5.73 Å². The van der Waals surface area contributed by atoms with Crippen molar-refractivity contribution in [3.8, 4) is 18.2 Å². The molecule has 0 fully saturated rings. The maximum Gasteiger partial charge on any atom is 0.191 e. The zero-order valence-electron chi connectivity index (χ0n) is 15.1. The zero-order valence-corrected chi connectivity index (χ0v) is 17.3. The summed E-state index contributed by atoms with van der Waals surface area (Å²) in [4.78, 5) is 2.31. The van der Waals surface area contributed by atoms with E-state index in [0.717, 1.165) is 34.2 Å². The number of benzene rings is 1. The fourth-order valence-corrected chi connectivity index (χ4v) is 5.03. The van der Waals surface area contributed by atoms with Gasteiger partial charge in [0.1, 0.15) is 6.07 Å². The average molecular weight is 469 g/mol. The third-order valence-corrected chi connectivity index (χ3v) is 6.50. The first-order valence-electron chi connectivity index (χ1n) is 8.94. The van der Waals surface area contributed by atoms with E-state index in [2.05, 4.69) is 58.7 Å². The molecule has 0 aromatic heterocycles. The molecule has 1 aromatic carbocycles. The van der Waals surface area contributed by atoms with Gasteiger partial charge in [-0.05, 0) is 52.8 Å². The van der Waals surface area contributed by atoms with E-state index in [-0.39, 0.29) is 11.6 Å². The van der Waals surface area contributed by atoms with Crippen LogP contribution in [0.2, 0.25) is 0 Å². The third kappa shape index (κ3) is 3.02. The molecular formula is C21H20IN5. The van der Waals surface area contributed by atoms with Crippen LogP contribution in [0.15, 0.2) is 47.2 Å². The molecule has 0 saturated heterocycles. The van der Waals surface area contributed by atoms with Gasteiger partial charge < -0.3 is 5.73 Å². The van der Waals surface area contributed by atoms with Crippen molar-refractivity contribution in [2.24, 2.45) is 17.1 Å². The lowest BCUT2D eigenvalue weighted by Gasteiger charge is -2.45. The minimum Gasteiger partial charge on any atom is -0.399 e. The van der Waals surface area contributed by atoms with Crippen LogP contribution in [0, 0.1) is 48.9 Å². The van der Waals surface area contributed by atoms with Gasteiger partial charge in [0.2, 0.25) is 0 Å². The Kier molecular flexibility index (Phi) is 5.56. The van der Waals surface area contributed by atoms with Crippen LogP contribution in [-0.2, 0) is 0 Å². The van der Waals surface area contributed by atoms with Crippen molar-refractivity contribution in [2.45, 2.75) is 19.3 Å². The summed E-state index contributed by atoms with van der Waals surface area (Å²) in [5.41, 5.74) is 6.99. The number of halogens is 1. The summed E-state index contributed by atoms with van der Waals surface area (Å²) < 4.78 is 0.996. The lowest BCUT2D eigenvalue weighted by molar-refractivity contribution is 0.207. The highest BCUT2D eigenvalue weighted by Gasteiger charge is 2.54. The Hall–Kier alpha value is -2.34. The minimum atomic E-state index is -1.55. The minimum absolute atomic E-state index is 0.0890. The Morgan fingerprint density at radius 2 is 1.96 bits per heavy atom. The Bertz CT molecular complexity index is 927. The second-order valence-electron chi connectivity index (χ2n) is 6.96. The van der Waals surface area contributed by atoms with Crippen molar-refractivity contribution in [1.82, 2.24) is 4.90 Å². The third-order valence-electron chi connectivity index (χ3n) is 5.52. The molecule has 0 spiro atoms. The van der Waals surface area contributed by atoms with Crippen LogP contribution in [0.1, 0.15) is 24.8 Å². The Morgan fingerprint density at radius 1 is 1.26 bits per heavy atom. The van der Waals surface area contributed by atoms with E-state index in [4.69, 9.17) is 5.73 Å². The fraction of sp³-hybridized carbons (Fsp3) is 0.381. The molecule has 0 amide bonds. The summed E-state index contributed by atoms with van der Waals surface area (Å²) in [5, 5.41) is 29.9. The first kappa shape index (κ1) is 19.4. The van der Waals surface area contributed by atoms with E-state index in [0.29, 0.717) is 12.1 Å². The average Bonchev–Trinajstić information content (AvgIpc) is 2.68. The first-order valence-corrected chi connectivity index (χ1v) is 10.0. The van der Waals surface area contributed by atoms with Crippen molar-refractivity contribution in [3.63, 3.8) is 0 Å². The summed E-state index contributed by atoms with van der Waals surface area (Å²) >= 11 is 2.25. The van der Waals surface area contributed by atoms with Gasteiger partial charge in [0.05, 0.1) is 23.4 Å². The molecule has 2 atom stereocenters. The second-order valence-corrected chi connectivity index (χ2v) is 8.12. The summed E-state index contributed by atoms with van der Waals surface area (Å²) in [5.74, 6) is -0.536. The van der Waals surface area contributed by atoms with Crippen LogP contribution in [-0.4, -0.2) is 24.5 Å². The molecule has 0 radical (unpaired) electrons. The molecule has 3 rings (SSSR count). The monoisotopic (exact) mass is 469 g/mol. The molecule has 136 valence electrons. The van der Waals surface area contributed by atoms with Gasteiger partial charge in [-0.2, -0.15) is 15.8 Å². The Morgan fingerprint density at radius 3 is 2.56 bits per heavy atom. The lowest BCUT2D eigenvalue weighted by Crippen LogP contribution is -2.48. The van der Waals surface area contributed by atoms with Crippen molar-refractivity contribution in [1.29, 1.82) is 15.8 Å². The van der Waals surface area contributed by atoms with Crippen LogP contribution in [0.3, 0.4) is 0 Å². The molecule has 27 heavy (non-hydrogen) atoms. The molecule has 0 bridgehead atoms. The highest BCUT2D eigenvalue weighted by Crippen LogP contribution is 2.54. The van der Waals surface area contributed by atoms with Gasteiger partial charge >= 0.3 is 0 Å². The van der Waals surface area contributed by atoms with Gasteiger partial charge in [0.25, 0.3) is 0 Å². The number of nitrogens with zero attached hydrogens (tertiary/aromatic N) is 4. The summed E-state index contributed by atoms with van der Waals surface area (Å²) in [7, 11) is 0. The highest BCUT2D eigenvalue weighted by atomic mass is 127. The summed E-state index contributed by atoms with van der Waals surface area (Å²) in [6, 6.07) is 14.4. The molecule has 1 aromatic rings. The molecule has 2 aliphatic rings. The van der Waals surface area contributed by atoms with E-state index in [1.165, 1.54) is 0 Å². The number of rotatable bonds is 3. The topological polar surface area (TPSA) is 101 Å². The lowest BCUT2D eigenvalue weighted by atomic mass is 9.58. The molecule has 1 aliphatic heterocycles. The molecule has 1 aliphatic carbocycles. The van der Waals surface area contributed by atoms with E-state index >= 15 is 0 Å². The Balaban J connectivity index is 2.30. The second kappa shape index (κ2) is 7.72. The van der Waals surface area contributed by atoms with Crippen LogP contribution in [0.5, 0.6) is 0 Å². The number of nitrogens with two attached hydrogens (primary N) is 1. The van der Waals surface area contributed by atoms with Crippen LogP contribution in [0.25, 0.3) is 0 Å². The first-order chi connectivity index (χ1) is 13.0. The number of hydrogen-bond donors (Lipinski definition) is 1. The molecule has 0 unspecified atom stereocenters. The number of allylic oxidation sites excluding steroid dienone is 2. The maximum atomic E-state index is 10.1. The molecule has 6 heteroatoms. The van der Waals surface area contributed by atoms with Crippen molar-refractivity contribution < 1.29 is 0 Å². The molecule has 0 saturated carbocycles. The summed E-state index contributed by atoms with van der Waals surface area (Å²) in [6.45, 7) is 4.53. The predicted octanol–water partition coefficient (Wildman–Crippen LogP) is 3.43.